The number of hydrogen-bond donors (Lipinski definition) is 2. The molecule has 5 heteroatoms. The fourth-order valence-electron chi connectivity index (χ4n) is 2.15. The highest BCUT2D eigenvalue weighted by Crippen LogP contribution is 2.19. The van der Waals surface area contributed by atoms with Gasteiger partial charge in [0, 0.05) is 23.5 Å². The Hall–Kier alpha value is -0.390. The number of sulfone groups is 1. The molecular formula is C9H16N2O2S. The lowest BCUT2D eigenvalue weighted by Crippen LogP contribution is -2.38. The van der Waals surface area contributed by atoms with Gasteiger partial charge < -0.3 is 11.1 Å². The lowest BCUT2D eigenvalue weighted by molar-refractivity contribution is 0.491. The van der Waals surface area contributed by atoms with E-state index in [1.807, 2.05) is 0 Å². The standard InChI is InChI=1S/C9H16N2O2S/c10-7-1-2-8(5-7)11-9-3-4-14(12,13)6-9/h3-4,7-9,11H,1-2,5-6,10H2. The van der Waals surface area contributed by atoms with Crippen LogP contribution in [0, 0.1) is 0 Å². The van der Waals surface area contributed by atoms with Gasteiger partial charge in [0.1, 0.15) is 0 Å². The summed E-state index contributed by atoms with van der Waals surface area (Å²) in [4.78, 5) is 0. The maximum absolute atomic E-state index is 11.1. The summed E-state index contributed by atoms with van der Waals surface area (Å²) < 4.78 is 22.3. The molecule has 0 aromatic rings. The summed E-state index contributed by atoms with van der Waals surface area (Å²) in [6, 6.07) is 0.678. The Bertz CT molecular complexity index is 337. The third-order valence-electron chi connectivity index (χ3n) is 2.85. The second-order valence-corrected chi connectivity index (χ2v) is 6.13. The molecule has 0 bridgehead atoms. The van der Waals surface area contributed by atoms with Gasteiger partial charge in [-0.3, -0.25) is 0 Å². The molecule has 0 aromatic heterocycles. The van der Waals surface area contributed by atoms with Gasteiger partial charge in [0.05, 0.1) is 5.75 Å². The number of hydrogen-bond acceptors (Lipinski definition) is 4. The fourth-order valence-corrected chi connectivity index (χ4v) is 3.40. The Morgan fingerprint density at radius 1 is 1.36 bits per heavy atom. The van der Waals surface area contributed by atoms with Crippen molar-refractivity contribution < 1.29 is 8.42 Å². The monoisotopic (exact) mass is 216 g/mol. The second kappa shape index (κ2) is 3.64. The normalized spacial score (nSPS) is 40.5. The van der Waals surface area contributed by atoms with Crippen LogP contribution in [0.15, 0.2) is 11.5 Å². The fraction of sp³-hybridized carbons (Fsp3) is 0.778. The molecule has 3 unspecified atom stereocenters. The van der Waals surface area contributed by atoms with Gasteiger partial charge in [0.25, 0.3) is 0 Å². The lowest BCUT2D eigenvalue weighted by Gasteiger charge is -2.16. The van der Waals surface area contributed by atoms with Crippen LogP contribution in [0.3, 0.4) is 0 Å². The van der Waals surface area contributed by atoms with E-state index in [0.29, 0.717) is 6.04 Å². The largest absolute Gasteiger partial charge is 0.328 e. The van der Waals surface area contributed by atoms with Gasteiger partial charge in [-0.15, -0.1) is 0 Å². The van der Waals surface area contributed by atoms with E-state index in [-0.39, 0.29) is 17.8 Å². The van der Waals surface area contributed by atoms with Crippen molar-refractivity contribution in [2.45, 2.75) is 37.4 Å². The van der Waals surface area contributed by atoms with Crippen molar-refractivity contribution in [2.24, 2.45) is 5.73 Å². The van der Waals surface area contributed by atoms with E-state index in [2.05, 4.69) is 5.32 Å². The second-order valence-electron chi connectivity index (χ2n) is 4.20. The maximum Gasteiger partial charge on any atom is 0.173 e. The Labute approximate surface area is 84.5 Å². The average Bonchev–Trinajstić information content (AvgIpc) is 2.59. The van der Waals surface area contributed by atoms with Crippen molar-refractivity contribution in [1.29, 1.82) is 0 Å². The molecule has 1 aliphatic heterocycles. The number of nitrogens with two attached hydrogens (primary N) is 1. The highest BCUT2D eigenvalue weighted by atomic mass is 32.2. The van der Waals surface area contributed by atoms with Gasteiger partial charge >= 0.3 is 0 Å². The molecule has 0 aromatic carbocycles. The quantitative estimate of drug-likeness (QED) is 0.668. The molecule has 4 nitrogen and oxygen atoms in total. The predicted octanol–water partition coefficient (Wildman–Crippen LogP) is -0.234. The van der Waals surface area contributed by atoms with Crippen molar-refractivity contribution in [3.8, 4) is 0 Å². The van der Waals surface area contributed by atoms with E-state index in [1.54, 1.807) is 6.08 Å². The van der Waals surface area contributed by atoms with Crippen molar-refractivity contribution in [2.75, 3.05) is 5.75 Å². The highest BCUT2D eigenvalue weighted by Gasteiger charge is 2.27. The minimum atomic E-state index is -2.92. The van der Waals surface area contributed by atoms with E-state index < -0.39 is 9.84 Å². The summed E-state index contributed by atoms with van der Waals surface area (Å²) >= 11 is 0. The third kappa shape index (κ3) is 2.34. The molecule has 1 saturated carbocycles. The van der Waals surface area contributed by atoms with Gasteiger partial charge in [0.2, 0.25) is 0 Å². The zero-order chi connectivity index (χ0) is 10.2. The zero-order valence-corrected chi connectivity index (χ0v) is 8.83. The van der Waals surface area contributed by atoms with Crippen molar-refractivity contribution in [3.63, 3.8) is 0 Å². The molecule has 80 valence electrons. The van der Waals surface area contributed by atoms with Crippen molar-refractivity contribution in [3.05, 3.63) is 11.5 Å². The number of rotatable bonds is 2. The summed E-state index contributed by atoms with van der Waals surface area (Å²) in [5.74, 6) is 0.207. The molecule has 3 N–H and O–H groups in total. The molecule has 14 heavy (non-hydrogen) atoms. The Kier molecular flexibility index (Phi) is 2.64. The molecule has 0 radical (unpaired) electrons. The topological polar surface area (TPSA) is 72.2 Å². The molecule has 0 amide bonds. The van der Waals surface area contributed by atoms with Gasteiger partial charge in [-0.1, -0.05) is 6.08 Å². The first-order valence-electron chi connectivity index (χ1n) is 4.98. The molecule has 1 aliphatic carbocycles. The van der Waals surface area contributed by atoms with Gasteiger partial charge in [0.15, 0.2) is 9.84 Å². The Morgan fingerprint density at radius 2 is 2.14 bits per heavy atom. The van der Waals surface area contributed by atoms with E-state index in [0.717, 1.165) is 19.3 Å². The van der Waals surface area contributed by atoms with Crippen LogP contribution in [0.4, 0.5) is 0 Å². The van der Waals surface area contributed by atoms with Crippen LogP contribution >= 0.6 is 0 Å². The maximum atomic E-state index is 11.1. The third-order valence-corrected chi connectivity index (χ3v) is 4.25. The van der Waals surface area contributed by atoms with Crippen LogP contribution in [-0.2, 0) is 9.84 Å². The van der Waals surface area contributed by atoms with Crippen LogP contribution in [0.2, 0.25) is 0 Å². The summed E-state index contributed by atoms with van der Waals surface area (Å²) in [5, 5.41) is 4.62. The summed E-state index contributed by atoms with van der Waals surface area (Å²) in [7, 11) is -2.92. The molecule has 2 rings (SSSR count). The van der Waals surface area contributed by atoms with Crippen LogP contribution in [0.25, 0.3) is 0 Å². The molecule has 1 fully saturated rings. The van der Waals surface area contributed by atoms with E-state index >= 15 is 0 Å². The first-order chi connectivity index (χ1) is 6.55. The number of nitrogens with one attached hydrogen (secondary N) is 1. The van der Waals surface area contributed by atoms with E-state index in [1.165, 1.54) is 5.41 Å². The predicted molar refractivity (Wildman–Crippen MR) is 55.5 cm³/mol. The van der Waals surface area contributed by atoms with Crippen molar-refractivity contribution in [1.82, 2.24) is 5.32 Å². The Morgan fingerprint density at radius 3 is 2.64 bits per heavy atom. The average molecular weight is 216 g/mol. The summed E-state index contributed by atoms with van der Waals surface area (Å²) in [5.41, 5.74) is 5.78. The zero-order valence-electron chi connectivity index (χ0n) is 8.02. The summed E-state index contributed by atoms with van der Waals surface area (Å²) in [6.07, 6.45) is 4.80. The first kappa shape index (κ1) is 10.1. The highest BCUT2D eigenvalue weighted by molar-refractivity contribution is 7.94. The molecule has 0 saturated heterocycles. The van der Waals surface area contributed by atoms with E-state index in [9.17, 15) is 8.42 Å². The molecular weight excluding hydrogens is 200 g/mol. The van der Waals surface area contributed by atoms with Crippen LogP contribution in [-0.4, -0.2) is 32.3 Å². The summed E-state index contributed by atoms with van der Waals surface area (Å²) in [6.45, 7) is 0. The lowest BCUT2D eigenvalue weighted by atomic mass is 10.2. The van der Waals surface area contributed by atoms with Gasteiger partial charge in [-0.25, -0.2) is 8.42 Å². The minimum Gasteiger partial charge on any atom is -0.328 e. The van der Waals surface area contributed by atoms with Gasteiger partial charge in [-0.2, -0.15) is 0 Å². The SMILES string of the molecule is NC1CCC(NC2C=CS(=O)(=O)C2)C1. The van der Waals surface area contributed by atoms with Gasteiger partial charge in [-0.05, 0) is 19.3 Å². The molecule has 0 spiro atoms. The van der Waals surface area contributed by atoms with E-state index in [4.69, 9.17) is 5.73 Å². The van der Waals surface area contributed by atoms with Crippen LogP contribution < -0.4 is 11.1 Å². The minimum absolute atomic E-state index is 0.00435. The van der Waals surface area contributed by atoms with Crippen LogP contribution in [0.1, 0.15) is 19.3 Å². The molecule has 3 atom stereocenters. The molecule has 2 aliphatic rings. The van der Waals surface area contributed by atoms with Crippen molar-refractivity contribution >= 4 is 9.84 Å². The first-order valence-corrected chi connectivity index (χ1v) is 6.69. The smallest absolute Gasteiger partial charge is 0.173 e. The van der Waals surface area contributed by atoms with Crippen LogP contribution in [0.5, 0.6) is 0 Å². The Balaban J connectivity index is 1.86. The molecule has 1 heterocycles.